The highest BCUT2D eigenvalue weighted by molar-refractivity contribution is 7.18. The van der Waals surface area contributed by atoms with Crippen LogP contribution in [-0.4, -0.2) is 0 Å². The van der Waals surface area contributed by atoms with Crippen molar-refractivity contribution in [3.05, 3.63) is 77.9 Å². The Morgan fingerprint density at radius 3 is 2.14 bits per heavy atom. The predicted molar refractivity (Wildman–Crippen MR) is 98.4 cm³/mol. The lowest BCUT2D eigenvalue weighted by Gasteiger charge is -2.09. The van der Waals surface area contributed by atoms with Crippen LogP contribution in [0.15, 0.2) is 66.7 Å². The van der Waals surface area contributed by atoms with E-state index in [2.05, 4.69) is 87.5 Å². The van der Waals surface area contributed by atoms with E-state index in [0.29, 0.717) is 5.92 Å². The van der Waals surface area contributed by atoms with E-state index in [-0.39, 0.29) is 0 Å². The van der Waals surface area contributed by atoms with Crippen molar-refractivity contribution in [2.45, 2.75) is 26.7 Å². The van der Waals surface area contributed by atoms with Gasteiger partial charge in [0.05, 0.1) is 0 Å². The quantitative estimate of drug-likeness (QED) is 0.467. The van der Waals surface area contributed by atoms with E-state index in [1.807, 2.05) is 11.3 Å². The van der Waals surface area contributed by atoms with Crippen LogP contribution in [0.25, 0.3) is 20.9 Å². The van der Waals surface area contributed by atoms with Crippen LogP contribution in [0.2, 0.25) is 0 Å². The first-order chi connectivity index (χ1) is 10.6. The van der Waals surface area contributed by atoms with Crippen molar-refractivity contribution < 1.29 is 0 Å². The Balaban J connectivity index is 2.15. The summed E-state index contributed by atoms with van der Waals surface area (Å²) in [6.07, 6.45) is 0. The van der Waals surface area contributed by atoms with E-state index in [1.54, 1.807) is 0 Å². The third kappa shape index (κ3) is 3.10. The van der Waals surface area contributed by atoms with Gasteiger partial charge in [0.2, 0.25) is 21.1 Å². The van der Waals surface area contributed by atoms with Crippen molar-refractivity contribution >= 4 is 11.3 Å². The number of aryl methyl sites for hydroxylation is 1. The Morgan fingerprint density at radius 1 is 0.773 bits per heavy atom. The van der Waals surface area contributed by atoms with Gasteiger partial charge in [-0.25, -0.2) is 0 Å². The number of rotatable bonds is 3. The van der Waals surface area contributed by atoms with E-state index in [4.69, 9.17) is 0 Å². The van der Waals surface area contributed by atoms with Gasteiger partial charge >= 0.3 is 0 Å². The SMILES string of the molecule is Cc1cc(-c2ccccc2)[s+]c(-c2ccccc2C(C)C)c1. The number of hydrogen-bond donors (Lipinski definition) is 0. The third-order valence-corrected chi connectivity index (χ3v) is 4.98. The molecule has 0 saturated heterocycles. The molecule has 0 aliphatic carbocycles. The van der Waals surface area contributed by atoms with E-state index >= 15 is 0 Å². The molecule has 110 valence electrons. The molecule has 0 nitrogen and oxygen atoms in total. The molecule has 0 N–H and O–H groups in total. The summed E-state index contributed by atoms with van der Waals surface area (Å²) in [7, 11) is 0. The number of benzene rings is 2. The zero-order valence-electron chi connectivity index (χ0n) is 13.3. The molecular formula is C21H21S+. The topological polar surface area (TPSA) is 0 Å². The summed E-state index contributed by atoms with van der Waals surface area (Å²) in [5, 5.41) is 0. The third-order valence-electron chi connectivity index (χ3n) is 3.84. The fourth-order valence-corrected chi connectivity index (χ4v) is 4.01. The van der Waals surface area contributed by atoms with E-state index in [0.717, 1.165) is 0 Å². The molecule has 0 aliphatic heterocycles. The minimum Gasteiger partial charge on any atom is -0.0622 e. The first kappa shape index (κ1) is 14.9. The maximum atomic E-state index is 2.30. The fraction of sp³-hybridized carbons (Fsp3) is 0.190. The molecule has 0 radical (unpaired) electrons. The average molecular weight is 305 g/mol. The minimum absolute atomic E-state index is 0.532. The Kier molecular flexibility index (Phi) is 4.35. The van der Waals surface area contributed by atoms with Crippen LogP contribution in [-0.2, 0) is 0 Å². The molecule has 0 atom stereocenters. The molecule has 3 rings (SSSR count). The van der Waals surface area contributed by atoms with Crippen LogP contribution in [0.1, 0.15) is 30.9 Å². The molecule has 0 fully saturated rings. The van der Waals surface area contributed by atoms with E-state index in [1.165, 1.54) is 32.0 Å². The van der Waals surface area contributed by atoms with Crippen molar-refractivity contribution in [2.24, 2.45) is 0 Å². The van der Waals surface area contributed by atoms with Gasteiger partial charge in [-0.2, -0.15) is 0 Å². The van der Waals surface area contributed by atoms with Gasteiger partial charge in [-0.05, 0) is 42.2 Å². The monoisotopic (exact) mass is 305 g/mol. The molecule has 1 aromatic heterocycles. The second-order valence-corrected chi connectivity index (χ2v) is 7.06. The molecule has 0 bridgehead atoms. The van der Waals surface area contributed by atoms with Crippen molar-refractivity contribution in [2.75, 3.05) is 0 Å². The summed E-state index contributed by atoms with van der Waals surface area (Å²) in [5.41, 5.74) is 5.39. The second kappa shape index (κ2) is 6.41. The molecule has 3 aromatic rings. The Hall–Kier alpha value is -1.99. The summed E-state index contributed by atoms with van der Waals surface area (Å²) in [6, 6.07) is 24.0. The first-order valence-corrected chi connectivity index (χ1v) is 8.56. The lowest BCUT2D eigenvalue weighted by molar-refractivity contribution is 0.869. The van der Waals surface area contributed by atoms with Gasteiger partial charge < -0.3 is 0 Å². The van der Waals surface area contributed by atoms with Gasteiger partial charge in [0.1, 0.15) is 0 Å². The molecule has 1 heteroatoms. The van der Waals surface area contributed by atoms with Crippen LogP contribution < -0.4 is 0 Å². The minimum atomic E-state index is 0.532. The van der Waals surface area contributed by atoms with Crippen LogP contribution >= 0.6 is 11.3 Å². The summed E-state index contributed by atoms with van der Waals surface area (Å²) in [4.78, 5) is 2.68. The zero-order chi connectivity index (χ0) is 15.5. The number of hydrogen-bond acceptors (Lipinski definition) is 0. The van der Waals surface area contributed by atoms with Gasteiger partial charge in [-0.1, -0.05) is 50.2 Å². The van der Waals surface area contributed by atoms with Gasteiger partial charge in [0.25, 0.3) is 0 Å². The van der Waals surface area contributed by atoms with E-state index in [9.17, 15) is 0 Å². The van der Waals surface area contributed by atoms with Gasteiger partial charge in [-0.15, -0.1) is 0 Å². The molecule has 0 amide bonds. The van der Waals surface area contributed by atoms with Crippen LogP contribution in [0.3, 0.4) is 0 Å². The highest BCUT2D eigenvalue weighted by atomic mass is 32.1. The van der Waals surface area contributed by atoms with Gasteiger partial charge in [0, 0.05) is 23.3 Å². The van der Waals surface area contributed by atoms with Gasteiger partial charge in [-0.3, -0.25) is 0 Å². The Labute approximate surface area is 137 Å². The Morgan fingerprint density at radius 2 is 1.41 bits per heavy atom. The standard InChI is InChI=1S/C21H21S/c1-15(2)18-11-7-8-12-19(18)21-14-16(3)13-20(22-21)17-9-5-4-6-10-17/h4-15H,1-3H3/q+1. The van der Waals surface area contributed by atoms with Crippen LogP contribution in [0.5, 0.6) is 0 Å². The van der Waals surface area contributed by atoms with E-state index < -0.39 is 0 Å². The normalized spacial score (nSPS) is 10.9. The molecule has 1 heterocycles. The molecule has 22 heavy (non-hydrogen) atoms. The molecule has 0 aliphatic rings. The summed E-state index contributed by atoms with van der Waals surface area (Å²) in [6.45, 7) is 6.70. The molecular weight excluding hydrogens is 284 g/mol. The smallest absolute Gasteiger partial charge is 0.0622 e. The summed E-state index contributed by atoms with van der Waals surface area (Å²) >= 11 is 1.87. The first-order valence-electron chi connectivity index (χ1n) is 7.74. The summed E-state index contributed by atoms with van der Waals surface area (Å²) < 4.78 is 0. The van der Waals surface area contributed by atoms with Crippen LogP contribution in [0, 0.1) is 6.92 Å². The van der Waals surface area contributed by atoms with Gasteiger partial charge in [0.15, 0.2) is 0 Å². The maximum absolute atomic E-state index is 2.30. The zero-order valence-corrected chi connectivity index (χ0v) is 14.2. The molecule has 0 saturated carbocycles. The van der Waals surface area contributed by atoms with Crippen molar-refractivity contribution in [3.8, 4) is 20.9 Å². The largest absolute Gasteiger partial charge is 0.239 e. The summed E-state index contributed by atoms with van der Waals surface area (Å²) in [5.74, 6) is 0.532. The van der Waals surface area contributed by atoms with Crippen molar-refractivity contribution in [1.82, 2.24) is 0 Å². The highest BCUT2D eigenvalue weighted by Crippen LogP contribution is 2.37. The maximum Gasteiger partial charge on any atom is 0.239 e. The predicted octanol–water partition coefficient (Wildman–Crippen LogP) is 6.80. The van der Waals surface area contributed by atoms with Crippen LogP contribution in [0.4, 0.5) is 0 Å². The lowest BCUT2D eigenvalue weighted by atomic mass is 9.96. The van der Waals surface area contributed by atoms with Crippen molar-refractivity contribution in [3.63, 3.8) is 0 Å². The average Bonchev–Trinajstić information content (AvgIpc) is 2.55. The highest BCUT2D eigenvalue weighted by Gasteiger charge is 2.20. The lowest BCUT2D eigenvalue weighted by Crippen LogP contribution is -1.91. The molecule has 2 aromatic carbocycles. The van der Waals surface area contributed by atoms with Crippen molar-refractivity contribution in [1.29, 1.82) is 0 Å². The second-order valence-electron chi connectivity index (χ2n) is 5.97. The molecule has 0 spiro atoms. The molecule has 0 unspecified atom stereocenters. The Bertz CT molecular complexity index is 773. The fourth-order valence-electron chi connectivity index (χ4n) is 2.73.